The molecule has 118 valence electrons. The van der Waals surface area contributed by atoms with Crippen molar-refractivity contribution < 1.29 is 28.8 Å². The molecule has 1 rings (SSSR count). The number of pyridine rings is 1. The van der Waals surface area contributed by atoms with E-state index in [2.05, 4.69) is 4.98 Å². The molecule has 7 heteroatoms. The van der Waals surface area contributed by atoms with Gasteiger partial charge in [-0.2, -0.15) is 0 Å². The van der Waals surface area contributed by atoms with Gasteiger partial charge in [0.15, 0.2) is 0 Å². The highest BCUT2D eigenvalue weighted by Crippen LogP contribution is 2.15. The summed E-state index contributed by atoms with van der Waals surface area (Å²) in [7, 11) is 1.61. The van der Waals surface area contributed by atoms with Crippen molar-refractivity contribution in [3.8, 4) is 5.88 Å². The van der Waals surface area contributed by atoms with Gasteiger partial charge in [-0.1, -0.05) is 0 Å². The van der Waals surface area contributed by atoms with Crippen LogP contribution in [0.5, 0.6) is 5.88 Å². The van der Waals surface area contributed by atoms with Gasteiger partial charge in [0.2, 0.25) is 5.88 Å². The second kappa shape index (κ2) is 10.1. The Balaban J connectivity index is 2.21. The van der Waals surface area contributed by atoms with E-state index in [1.54, 1.807) is 20.1 Å². The molecule has 0 aliphatic carbocycles. The number of hydrogen-bond acceptors (Lipinski definition) is 6. The van der Waals surface area contributed by atoms with E-state index >= 15 is 0 Å². The predicted octanol–water partition coefficient (Wildman–Crippen LogP) is 1.15. The van der Waals surface area contributed by atoms with Crippen molar-refractivity contribution in [1.29, 1.82) is 0 Å². The third-order valence-electron chi connectivity index (χ3n) is 2.50. The maximum Gasteiger partial charge on any atom is 0.341 e. The minimum Gasteiger partial charge on any atom is -0.477 e. The van der Waals surface area contributed by atoms with Gasteiger partial charge in [0.05, 0.1) is 33.0 Å². The van der Waals surface area contributed by atoms with Crippen molar-refractivity contribution >= 4 is 5.97 Å². The molecule has 1 aromatic rings. The molecule has 0 aliphatic rings. The van der Waals surface area contributed by atoms with Crippen molar-refractivity contribution in [3.63, 3.8) is 0 Å². The smallest absolute Gasteiger partial charge is 0.341 e. The summed E-state index contributed by atoms with van der Waals surface area (Å²) in [5.41, 5.74) is 0.742. The van der Waals surface area contributed by atoms with Crippen LogP contribution >= 0.6 is 0 Å². The largest absolute Gasteiger partial charge is 0.477 e. The molecule has 21 heavy (non-hydrogen) atoms. The number of ether oxygens (including phenoxy) is 4. The van der Waals surface area contributed by atoms with E-state index in [9.17, 15) is 4.79 Å². The lowest BCUT2D eigenvalue weighted by Crippen LogP contribution is -2.14. The van der Waals surface area contributed by atoms with E-state index in [4.69, 9.17) is 24.1 Å². The van der Waals surface area contributed by atoms with Gasteiger partial charge in [-0.15, -0.1) is 0 Å². The maximum atomic E-state index is 11.0. The van der Waals surface area contributed by atoms with Gasteiger partial charge in [-0.25, -0.2) is 9.78 Å². The summed E-state index contributed by atoms with van der Waals surface area (Å²) in [6, 6.07) is 3.11. The Labute approximate surface area is 123 Å². The first-order valence-corrected chi connectivity index (χ1v) is 6.63. The molecule has 1 aromatic heterocycles. The predicted molar refractivity (Wildman–Crippen MR) is 74.9 cm³/mol. The molecule has 1 N–H and O–H groups in total. The summed E-state index contributed by atoms with van der Waals surface area (Å²) in [4.78, 5) is 15.1. The van der Waals surface area contributed by atoms with Gasteiger partial charge in [-0.05, 0) is 19.1 Å². The molecule has 0 saturated heterocycles. The van der Waals surface area contributed by atoms with Crippen molar-refractivity contribution in [2.75, 3.05) is 46.8 Å². The number of carboxylic acids is 1. The number of carbonyl (C=O) groups is 1. The van der Waals surface area contributed by atoms with Crippen LogP contribution in [0.3, 0.4) is 0 Å². The average Bonchev–Trinajstić information content (AvgIpc) is 2.45. The molecule has 1 heterocycles. The fourth-order valence-electron chi connectivity index (χ4n) is 1.47. The van der Waals surface area contributed by atoms with Crippen LogP contribution in [0, 0.1) is 6.92 Å². The van der Waals surface area contributed by atoms with Crippen molar-refractivity contribution in [2.45, 2.75) is 6.92 Å². The van der Waals surface area contributed by atoms with Crippen molar-refractivity contribution in [3.05, 3.63) is 23.4 Å². The number of nitrogens with zero attached hydrogens (tertiary/aromatic N) is 1. The molecular formula is C14H21NO6. The van der Waals surface area contributed by atoms with Crippen LogP contribution in [0.15, 0.2) is 12.1 Å². The van der Waals surface area contributed by atoms with Gasteiger partial charge in [0, 0.05) is 12.8 Å². The quantitative estimate of drug-likeness (QED) is 0.613. The van der Waals surface area contributed by atoms with E-state index in [0.717, 1.165) is 0 Å². The number of rotatable bonds is 11. The fourth-order valence-corrected chi connectivity index (χ4v) is 1.47. The highest BCUT2D eigenvalue weighted by atomic mass is 16.6. The minimum absolute atomic E-state index is 0.0449. The summed E-state index contributed by atoms with van der Waals surface area (Å²) >= 11 is 0. The van der Waals surface area contributed by atoms with Gasteiger partial charge < -0.3 is 24.1 Å². The van der Waals surface area contributed by atoms with E-state index in [1.807, 2.05) is 0 Å². The highest BCUT2D eigenvalue weighted by Gasteiger charge is 2.12. The van der Waals surface area contributed by atoms with E-state index in [-0.39, 0.29) is 18.1 Å². The SMILES string of the molecule is COCCOCCOCCOc1nc(C)ccc1C(=O)O. The van der Waals surface area contributed by atoms with Gasteiger partial charge >= 0.3 is 5.97 Å². The maximum absolute atomic E-state index is 11.0. The van der Waals surface area contributed by atoms with Crippen LogP contribution in [0.2, 0.25) is 0 Å². The molecule has 0 atom stereocenters. The third-order valence-corrected chi connectivity index (χ3v) is 2.50. The van der Waals surface area contributed by atoms with Crippen LogP contribution in [-0.2, 0) is 14.2 Å². The average molecular weight is 299 g/mol. The Hall–Kier alpha value is -1.70. The van der Waals surface area contributed by atoms with Gasteiger partial charge in [0.1, 0.15) is 12.2 Å². The number of methoxy groups -OCH3 is 1. The summed E-state index contributed by atoms with van der Waals surface area (Å²) in [6.07, 6.45) is 0. The zero-order valence-corrected chi connectivity index (χ0v) is 12.3. The monoisotopic (exact) mass is 299 g/mol. The standard InChI is InChI=1S/C14H21NO6/c1-11-3-4-12(14(16)17)13(15-11)21-10-9-20-8-7-19-6-5-18-2/h3-4H,5-10H2,1-2H3,(H,16,17). The normalized spacial score (nSPS) is 10.6. The molecule has 0 aromatic carbocycles. The summed E-state index contributed by atoms with van der Waals surface area (Å²) < 4.78 is 20.7. The number of aromatic nitrogens is 1. The molecule has 0 saturated carbocycles. The molecule has 0 fully saturated rings. The molecule has 0 amide bonds. The zero-order chi connectivity index (χ0) is 15.5. The van der Waals surface area contributed by atoms with Gasteiger partial charge in [-0.3, -0.25) is 0 Å². The summed E-state index contributed by atoms with van der Waals surface area (Å²) in [5, 5.41) is 9.02. The van der Waals surface area contributed by atoms with Gasteiger partial charge in [0.25, 0.3) is 0 Å². The van der Waals surface area contributed by atoms with E-state index < -0.39 is 5.97 Å². The van der Waals surface area contributed by atoms with Crippen LogP contribution in [0.1, 0.15) is 16.1 Å². The lowest BCUT2D eigenvalue weighted by atomic mass is 10.2. The molecule has 7 nitrogen and oxygen atoms in total. The molecule has 0 unspecified atom stereocenters. The number of carboxylic acid groups (broad SMARTS) is 1. The lowest BCUT2D eigenvalue weighted by Gasteiger charge is -2.09. The second-order valence-electron chi connectivity index (χ2n) is 4.18. The Morgan fingerprint density at radius 1 is 1.10 bits per heavy atom. The van der Waals surface area contributed by atoms with Crippen molar-refractivity contribution in [1.82, 2.24) is 4.98 Å². The van der Waals surface area contributed by atoms with Crippen LogP contribution < -0.4 is 4.74 Å². The summed E-state index contributed by atoms with van der Waals surface area (Å²) in [5.74, 6) is -0.951. The minimum atomic E-state index is -1.06. The summed E-state index contributed by atoms with van der Waals surface area (Å²) in [6.45, 7) is 4.35. The first kappa shape index (κ1) is 17.4. The van der Waals surface area contributed by atoms with E-state index in [0.29, 0.717) is 38.7 Å². The molecular weight excluding hydrogens is 278 g/mol. The Morgan fingerprint density at radius 3 is 2.33 bits per heavy atom. The lowest BCUT2D eigenvalue weighted by molar-refractivity contribution is 0.0175. The van der Waals surface area contributed by atoms with Crippen molar-refractivity contribution in [2.24, 2.45) is 0 Å². The molecule has 0 aliphatic heterocycles. The van der Waals surface area contributed by atoms with E-state index in [1.165, 1.54) is 6.07 Å². The first-order chi connectivity index (χ1) is 10.1. The van der Waals surface area contributed by atoms with Crippen LogP contribution in [-0.4, -0.2) is 62.8 Å². The van der Waals surface area contributed by atoms with Crippen LogP contribution in [0.25, 0.3) is 0 Å². The third kappa shape index (κ3) is 7.03. The fraction of sp³-hybridized carbons (Fsp3) is 0.571. The first-order valence-electron chi connectivity index (χ1n) is 6.63. The topological polar surface area (TPSA) is 87.1 Å². The van der Waals surface area contributed by atoms with Crippen LogP contribution in [0.4, 0.5) is 0 Å². The Morgan fingerprint density at radius 2 is 1.71 bits per heavy atom. The molecule has 0 radical (unpaired) electrons. The number of aryl methyl sites for hydroxylation is 1. The molecule has 0 bridgehead atoms. The zero-order valence-electron chi connectivity index (χ0n) is 12.3. The number of hydrogen-bond donors (Lipinski definition) is 1. The number of aromatic carboxylic acids is 1. The Kier molecular flexibility index (Phi) is 8.34. The Bertz CT molecular complexity index is 437. The molecule has 0 spiro atoms. The second-order valence-corrected chi connectivity index (χ2v) is 4.18. The highest BCUT2D eigenvalue weighted by molar-refractivity contribution is 5.90.